The molecule has 0 unspecified atom stereocenters. The van der Waals surface area contributed by atoms with Gasteiger partial charge in [0, 0.05) is 57.4 Å². The SMILES string of the molecule is O=S(=O)(c1ccccc1-c1ccccc1)N1CCN([C@@H]2CN(Cc3ccccc3)C[C@H]2O)CC1. The molecule has 2 aliphatic rings. The number of likely N-dealkylation sites (tertiary alicyclic amines) is 1. The Kier molecular flexibility index (Phi) is 6.81. The minimum atomic E-state index is -3.62. The predicted molar refractivity (Wildman–Crippen MR) is 134 cm³/mol. The summed E-state index contributed by atoms with van der Waals surface area (Å²) in [6.45, 7) is 4.34. The molecule has 2 atom stereocenters. The first kappa shape index (κ1) is 23.2. The van der Waals surface area contributed by atoms with Crippen LogP contribution in [0, 0.1) is 0 Å². The summed E-state index contributed by atoms with van der Waals surface area (Å²) < 4.78 is 28.7. The number of sulfonamides is 1. The fourth-order valence-corrected chi connectivity index (χ4v) is 6.78. The highest BCUT2D eigenvalue weighted by molar-refractivity contribution is 7.89. The second kappa shape index (κ2) is 9.98. The molecule has 2 heterocycles. The third-order valence-corrected chi connectivity index (χ3v) is 8.87. The van der Waals surface area contributed by atoms with E-state index >= 15 is 0 Å². The Hall–Kier alpha value is -2.55. The number of aliphatic hydroxyl groups is 1. The minimum Gasteiger partial charge on any atom is -0.390 e. The van der Waals surface area contributed by atoms with Crippen molar-refractivity contribution in [3.05, 3.63) is 90.5 Å². The smallest absolute Gasteiger partial charge is 0.243 e. The van der Waals surface area contributed by atoms with Crippen molar-refractivity contribution >= 4 is 10.0 Å². The first-order valence-electron chi connectivity index (χ1n) is 11.9. The molecule has 6 nitrogen and oxygen atoms in total. The fraction of sp³-hybridized carbons (Fsp3) is 0.333. The maximum Gasteiger partial charge on any atom is 0.243 e. The van der Waals surface area contributed by atoms with Gasteiger partial charge in [-0.2, -0.15) is 4.31 Å². The van der Waals surface area contributed by atoms with E-state index in [4.69, 9.17) is 0 Å². The van der Waals surface area contributed by atoms with Crippen LogP contribution in [0.4, 0.5) is 0 Å². The van der Waals surface area contributed by atoms with Crippen LogP contribution >= 0.6 is 0 Å². The van der Waals surface area contributed by atoms with Crippen LogP contribution in [0.25, 0.3) is 11.1 Å². The molecule has 0 amide bonds. The zero-order chi connectivity index (χ0) is 23.5. The van der Waals surface area contributed by atoms with Crippen LogP contribution in [0.2, 0.25) is 0 Å². The summed E-state index contributed by atoms with van der Waals surface area (Å²) in [5, 5.41) is 10.7. The van der Waals surface area contributed by atoms with E-state index in [1.54, 1.807) is 16.4 Å². The number of aliphatic hydroxyl groups excluding tert-OH is 1. The third-order valence-electron chi connectivity index (χ3n) is 6.92. The highest BCUT2D eigenvalue weighted by Crippen LogP contribution is 2.30. The Bertz CT molecular complexity index is 1200. The molecular weight excluding hydrogens is 446 g/mol. The van der Waals surface area contributed by atoms with Crippen molar-refractivity contribution in [2.24, 2.45) is 0 Å². The van der Waals surface area contributed by atoms with Crippen LogP contribution in [0.1, 0.15) is 5.56 Å². The molecule has 0 aliphatic carbocycles. The van der Waals surface area contributed by atoms with Gasteiger partial charge < -0.3 is 5.11 Å². The molecule has 0 aromatic heterocycles. The number of piperazine rings is 1. The average Bonchev–Trinajstić information content (AvgIpc) is 3.25. The van der Waals surface area contributed by atoms with Gasteiger partial charge in [0.05, 0.1) is 11.0 Å². The normalized spacial score (nSPS) is 22.7. The van der Waals surface area contributed by atoms with Crippen molar-refractivity contribution in [1.82, 2.24) is 14.1 Å². The molecule has 1 N–H and O–H groups in total. The Labute approximate surface area is 202 Å². The highest BCUT2D eigenvalue weighted by atomic mass is 32.2. The van der Waals surface area contributed by atoms with E-state index in [2.05, 4.69) is 21.9 Å². The van der Waals surface area contributed by atoms with Gasteiger partial charge in [0.1, 0.15) is 0 Å². The Morgan fingerprint density at radius 1 is 0.765 bits per heavy atom. The van der Waals surface area contributed by atoms with Crippen molar-refractivity contribution in [1.29, 1.82) is 0 Å². The number of hydrogen-bond donors (Lipinski definition) is 1. The Morgan fingerprint density at radius 3 is 2.09 bits per heavy atom. The van der Waals surface area contributed by atoms with Crippen molar-refractivity contribution in [2.75, 3.05) is 39.3 Å². The monoisotopic (exact) mass is 477 g/mol. The van der Waals surface area contributed by atoms with Crippen LogP contribution in [-0.4, -0.2) is 79.0 Å². The molecule has 3 aromatic rings. The molecule has 0 radical (unpaired) electrons. The molecule has 34 heavy (non-hydrogen) atoms. The zero-order valence-electron chi connectivity index (χ0n) is 19.2. The van der Waals surface area contributed by atoms with Crippen LogP contribution in [0.15, 0.2) is 89.8 Å². The van der Waals surface area contributed by atoms with Gasteiger partial charge in [-0.1, -0.05) is 78.9 Å². The lowest BCUT2D eigenvalue weighted by molar-refractivity contribution is 0.0618. The minimum absolute atomic E-state index is 0.0326. The van der Waals surface area contributed by atoms with Gasteiger partial charge in [-0.3, -0.25) is 9.80 Å². The van der Waals surface area contributed by atoms with Gasteiger partial charge in [0.2, 0.25) is 10.0 Å². The van der Waals surface area contributed by atoms with Crippen molar-refractivity contribution < 1.29 is 13.5 Å². The number of β-amino-alcohol motifs (C(OH)–C–C–N with tert-alkyl or cyclic N) is 1. The van der Waals surface area contributed by atoms with Crippen molar-refractivity contribution in [3.63, 3.8) is 0 Å². The predicted octanol–water partition coefficient (Wildman–Crippen LogP) is 2.91. The summed E-state index contributed by atoms with van der Waals surface area (Å²) >= 11 is 0. The number of hydrogen-bond acceptors (Lipinski definition) is 5. The maximum absolute atomic E-state index is 13.6. The molecule has 3 aromatic carbocycles. The van der Waals surface area contributed by atoms with Crippen LogP contribution in [0.5, 0.6) is 0 Å². The van der Waals surface area contributed by atoms with E-state index < -0.39 is 16.1 Å². The molecular formula is C27H31N3O3S. The largest absolute Gasteiger partial charge is 0.390 e. The van der Waals surface area contributed by atoms with Crippen LogP contribution < -0.4 is 0 Å². The number of nitrogens with zero attached hydrogens (tertiary/aromatic N) is 3. The van der Waals surface area contributed by atoms with E-state index in [0.717, 1.165) is 24.2 Å². The van der Waals surface area contributed by atoms with E-state index in [-0.39, 0.29) is 6.04 Å². The van der Waals surface area contributed by atoms with Crippen LogP contribution in [0.3, 0.4) is 0 Å². The van der Waals surface area contributed by atoms with Gasteiger partial charge in [-0.25, -0.2) is 8.42 Å². The summed E-state index contributed by atoms with van der Waals surface area (Å²) in [4.78, 5) is 4.89. The van der Waals surface area contributed by atoms with Gasteiger partial charge in [-0.05, 0) is 17.2 Å². The first-order chi connectivity index (χ1) is 16.5. The lowest BCUT2D eigenvalue weighted by Crippen LogP contribution is -2.54. The standard InChI is InChI=1S/C27H31N3O3S/c31-26-21-28(19-22-9-3-1-4-10-22)20-25(26)29-15-17-30(18-16-29)34(32,33)27-14-8-7-13-24(27)23-11-5-2-6-12-23/h1-14,25-26,31H,15-21H2/t25-,26-/m1/s1. The maximum atomic E-state index is 13.6. The third kappa shape index (κ3) is 4.80. The molecule has 0 spiro atoms. The second-order valence-electron chi connectivity index (χ2n) is 9.12. The average molecular weight is 478 g/mol. The molecule has 0 bridgehead atoms. The molecule has 5 rings (SSSR count). The molecule has 2 aliphatic heterocycles. The summed E-state index contributed by atoms with van der Waals surface area (Å²) in [5.41, 5.74) is 2.87. The van der Waals surface area contributed by atoms with Gasteiger partial charge in [0.15, 0.2) is 0 Å². The quantitative estimate of drug-likeness (QED) is 0.592. The Balaban J connectivity index is 1.25. The van der Waals surface area contributed by atoms with E-state index in [0.29, 0.717) is 37.6 Å². The Morgan fingerprint density at radius 2 is 1.38 bits per heavy atom. The van der Waals surface area contributed by atoms with E-state index in [1.165, 1.54) is 5.56 Å². The molecule has 2 saturated heterocycles. The summed E-state index contributed by atoms with van der Waals surface area (Å²) in [5.74, 6) is 0. The molecule has 2 fully saturated rings. The van der Waals surface area contributed by atoms with Crippen molar-refractivity contribution in [3.8, 4) is 11.1 Å². The lowest BCUT2D eigenvalue weighted by atomic mass is 10.1. The summed E-state index contributed by atoms with van der Waals surface area (Å²) in [7, 11) is -3.62. The van der Waals surface area contributed by atoms with E-state index in [9.17, 15) is 13.5 Å². The lowest BCUT2D eigenvalue weighted by Gasteiger charge is -2.38. The fourth-order valence-electron chi connectivity index (χ4n) is 5.14. The van der Waals surface area contributed by atoms with Gasteiger partial charge in [0.25, 0.3) is 0 Å². The molecule has 0 saturated carbocycles. The van der Waals surface area contributed by atoms with Crippen molar-refractivity contribution in [2.45, 2.75) is 23.6 Å². The van der Waals surface area contributed by atoms with E-state index in [1.807, 2.05) is 60.7 Å². The number of rotatable bonds is 6. The summed E-state index contributed by atoms with van der Waals surface area (Å²) in [6.07, 6.45) is -0.425. The summed E-state index contributed by atoms with van der Waals surface area (Å²) in [6, 6.07) is 27.2. The molecule has 178 valence electrons. The first-order valence-corrected chi connectivity index (χ1v) is 13.3. The van der Waals surface area contributed by atoms with Gasteiger partial charge >= 0.3 is 0 Å². The highest BCUT2D eigenvalue weighted by Gasteiger charge is 2.38. The second-order valence-corrected chi connectivity index (χ2v) is 11.0. The topological polar surface area (TPSA) is 64.1 Å². The van der Waals surface area contributed by atoms with Gasteiger partial charge in [-0.15, -0.1) is 0 Å². The number of benzene rings is 3. The zero-order valence-corrected chi connectivity index (χ0v) is 20.0. The molecule has 7 heteroatoms. The van der Waals surface area contributed by atoms with Crippen LogP contribution in [-0.2, 0) is 16.6 Å².